The summed E-state index contributed by atoms with van der Waals surface area (Å²) in [5, 5.41) is 3.72. The van der Waals surface area contributed by atoms with Crippen molar-refractivity contribution in [3.05, 3.63) is 30.1 Å². The van der Waals surface area contributed by atoms with E-state index >= 15 is 0 Å². The molecule has 0 aromatic carbocycles. The quantitative estimate of drug-likeness (QED) is 0.878. The average molecular weight is 244 g/mol. The fraction of sp³-hybridized carbons (Fsp3) is 0.688. The van der Waals surface area contributed by atoms with Crippen molar-refractivity contribution in [1.29, 1.82) is 0 Å². The lowest BCUT2D eigenvalue weighted by Crippen LogP contribution is -2.32. The van der Waals surface area contributed by atoms with Gasteiger partial charge in [0, 0.05) is 18.4 Å². The number of aromatic nitrogens is 1. The molecule has 3 atom stereocenters. The standard InChI is InChI=1S/C16H24N2/c1-12-4-5-14(11-18-15-6-7-15)16(9-12)13-3-2-8-17-10-13/h2-3,8,10,12,14-16,18H,4-7,9,11H2,1H3. The number of nitrogens with zero attached hydrogens (tertiary/aromatic N) is 1. The molecule has 0 radical (unpaired) electrons. The predicted molar refractivity (Wildman–Crippen MR) is 74.5 cm³/mol. The summed E-state index contributed by atoms with van der Waals surface area (Å²) in [5.74, 6) is 2.40. The number of nitrogens with one attached hydrogen (secondary N) is 1. The Morgan fingerprint density at radius 1 is 1.28 bits per heavy atom. The number of hydrogen-bond donors (Lipinski definition) is 1. The molecule has 1 heterocycles. The molecule has 2 aliphatic carbocycles. The van der Waals surface area contributed by atoms with Gasteiger partial charge >= 0.3 is 0 Å². The SMILES string of the molecule is CC1CCC(CNC2CC2)C(c2cccnc2)C1. The maximum Gasteiger partial charge on any atom is 0.0302 e. The molecule has 0 spiro atoms. The molecule has 0 bridgehead atoms. The first-order valence-electron chi connectivity index (χ1n) is 7.46. The minimum Gasteiger partial charge on any atom is -0.314 e. The molecule has 18 heavy (non-hydrogen) atoms. The Morgan fingerprint density at radius 3 is 2.89 bits per heavy atom. The van der Waals surface area contributed by atoms with Crippen molar-refractivity contribution in [1.82, 2.24) is 10.3 Å². The average Bonchev–Trinajstić information content (AvgIpc) is 3.22. The van der Waals surface area contributed by atoms with Crippen LogP contribution < -0.4 is 5.32 Å². The Morgan fingerprint density at radius 2 is 2.17 bits per heavy atom. The highest BCUT2D eigenvalue weighted by Gasteiger charge is 2.31. The summed E-state index contributed by atoms with van der Waals surface area (Å²) in [6.07, 6.45) is 10.8. The minimum absolute atomic E-state index is 0.716. The molecule has 0 aliphatic heterocycles. The normalized spacial score (nSPS) is 32.4. The summed E-state index contributed by atoms with van der Waals surface area (Å²) in [7, 11) is 0. The second-order valence-corrected chi connectivity index (χ2v) is 6.25. The van der Waals surface area contributed by atoms with Crippen LogP contribution in [0.5, 0.6) is 0 Å². The van der Waals surface area contributed by atoms with Crippen LogP contribution in [0.25, 0.3) is 0 Å². The molecule has 1 aromatic rings. The van der Waals surface area contributed by atoms with Crippen molar-refractivity contribution in [3.8, 4) is 0 Å². The number of rotatable bonds is 4. The van der Waals surface area contributed by atoms with E-state index < -0.39 is 0 Å². The van der Waals surface area contributed by atoms with Gasteiger partial charge in [0.15, 0.2) is 0 Å². The van der Waals surface area contributed by atoms with E-state index in [1.54, 1.807) is 0 Å². The monoisotopic (exact) mass is 244 g/mol. The fourth-order valence-corrected chi connectivity index (χ4v) is 3.30. The zero-order valence-electron chi connectivity index (χ0n) is 11.3. The van der Waals surface area contributed by atoms with Crippen LogP contribution in [-0.2, 0) is 0 Å². The third-order valence-electron chi connectivity index (χ3n) is 4.61. The van der Waals surface area contributed by atoms with E-state index in [2.05, 4.69) is 35.6 Å². The van der Waals surface area contributed by atoms with Gasteiger partial charge in [-0.15, -0.1) is 0 Å². The molecule has 2 nitrogen and oxygen atoms in total. The molecule has 3 unspecified atom stereocenters. The summed E-state index contributed by atoms with van der Waals surface area (Å²) in [4.78, 5) is 4.31. The van der Waals surface area contributed by atoms with Crippen molar-refractivity contribution in [2.45, 2.75) is 51.0 Å². The molecule has 2 aliphatic rings. The van der Waals surface area contributed by atoms with Crippen molar-refractivity contribution >= 4 is 0 Å². The van der Waals surface area contributed by atoms with Crippen molar-refractivity contribution in [3.63, 3.8) is 0 Å². The van der Waals surface area contributed by atoms with E-state index in [0.717, 1.165) is 17.9 Å². The molecule has 0 saturated heterocycles. The maximum absolute atomic E-state index is 4.31. The van der Waals surface area contributed by atoms with Crippen LogP contribution >= 0.6 is 0 Å². The largest absolute Gasteiger partial charge is 0.314 e. The van der Waals surface area contributed by atoms with Gasteiger partial charge in [0.2, 0.25) is 0 Å². The minimum atomic E-state index is 0.716. The molecular weight excluding hydrogens is 220 g/mol. The Bertz CT molecular complexity index is 372. The first kappa shape index (κ1) is 12.2. The summed E-state index contributed by atoms with van der Waals surface area (Å²) < 4.78 is 0. The summed E-state index contributed by atoms with van der Waals surface area (Å²) in [6.45, 7) is 3.60. The number of hydrogen-bond acceptors (Lipinski definition) is 2. The number of pyridine rings is 1. The Kier molecular flexibility index (Phi) is 3.64. The second-order valence-electron chi connectivity index (χ2n) is 6.25. The maximum atomic E-state index is 4.31. The zero-order chi connectivity index (χ0) is 12.4. The van der Waals surface area contributed by atoms with Gasteiger partial charge in [-0.2, -0.15) is 0 Å². The second kappa shape index (κ2) is 5.40. The third-order valence-corrected chi connectivity index (χ3v) is 4.61. The van der Waals surface area contributed by atoms with E-state index in [-0.39, 0.29) is 0 Å². The van der Waals surface area contributed by atoms with Gasteiger partial charge in [-0.1, -0.05) is 19.4 Å². The predicted octanol–water partition coefficient (Wildman–Crippen LogP) is 3.35. The molecule has 3 rings (SSSR count). The third kappa shape index (κ3) is 2.92. The molecule has 1 N–H and O–H groups in total. The highest BCUT2D eigenvalue weighted by molar-refractivity contribution is 5.17. The van der Waals surface area contributed by atoms with Crippen LogP contribution in [0.1, 0.15) is 50.5 Å². The highest BCUT2D eigenvalue weighted by atomic mass is 14.9. The van der Waals surface area contributed by atoms with Crippen LogP contribution in [0.4, 0.5) is 0 Å². The summed E-state index contributed by atoms with van der Waals surface area (Å²) in [5.41, 5.74) is 1.45. The van der Waals surface area contributed by atoms with Crippen LogP contribution in [0.3, 0.4) is 0 Å². The lowest BCUT2D eigenvalue weighted by molar-refractivity contribution is 0.241. The Hall–Kier alpha value is -0.890. The Labute approximate surface area is 110 Å². The molecule has 2 heteroatoms. The van der Waals surface area contributed by atoms with Gasteiger partial charge in [-0.05, 0) is 61.6 Å². The van der Waals surface area contributed by atoms with Crippen molar-refractivity contribution in [2.24, 2.45) is 11.8 Å². The van der Waals surface area contributed by atoms with Gasteiger partial charge in [0.05, 0.1) is 0 Å². The van der Waals surface area contributed by atoms with E-state index in [4.69, 9.17) is 0 Å². The lowest BCUT2D eigenvalue weighted by atomic mass is 9.72. The lowest BCUT2D eigenvalue weighted by Gasteiger charge is -2.35. The Balaban J connectivity index is 1.68. The molecule has 0 amide bonds. The first-order valence-corrected chi connectivity index (χ1v) is 7.46. The first-order chi connectivity index (χ1) is 8.83. The molecule has 2 fully saturated rings. The van der Waals surface area contributed by atoms with Crippen molar-refractivity contribution in [2.75, 3.05) is 6.54 Å². The van der Waals surface area contributed by atoms with Gasteiger partial charge in [-0.3, -0.25) is 4.98 Å². The van der Waals surface area contributed by atoms with Crippen LogP contribution in [0, 0.1) is 11.8 Å². The topological polar surface area (TPSA) is 24.9 Å². The van der Waals surface area contributed by atoms with Gasteiger partial charge in [0.1, 0.15) is 0 Å². The zero-order valence-corrected chi connectivity index (χ0v) is 11.3. The van der Waals surface area contributed by atoms with Crippen LogP contribution in [-0.4, -0.2) is 17.6 Å². The molecular formula is C16H24N2. The summed E-state index contributed by atoms with van der Waals surface area (Å²) in [6, 6.07) is 5.18. The fourth-order valence-electron chi connectivity index (χ4n) is 3.30. The van der Waals surface area contributed by atoms with Crippen molar-refractivity contribution < 1.29 is 0 Å². The molecule has 98 valence electrons. The van der Waals surface area contributed by atoms with Gasteiger partial charge in [-0.25, -0.2) is 0 Å². The van der Waals surface area contributed by atoms with Crippen LogP contribution in [0.15, 0.2) is 24.5 Å². The smallest absolute Gasteiger partial charge is 0.0302 e. The highest BCUT2D eigenvalue weighted by Crippen LogP contribution is 2.40. The molecule has 1 aromatic heterocycles. The van der Waals surface area contributed by atoms with Gasteiger partial charge in [0.25, 0.3) is 0 Å². The van der Waals surface area contributed by atoms with E-state index in [1.165, 1.54) is 44.2 Å². The van der Waals surface area contributed by atoms with E-state index in [1.807, 2.05) is 6.20 Å². The molecule has 2 saturated carbocycles. The van der Waals surface area contributed by atoms with E-state index in [0.29, 0.717) is 5.92 Å². The summed E-state index contributed by atoms with van der Waals surface area (Å²) >= 11 is 0. The van der Waals surface area contributed by atoms with Crippen LogP contribution in [0.2, 0.25) is 0 Å². The van der Waals surface area contributed by atoms with Gasteiger partial charge < -0.3 is 5.32 Å². The van der Waals surface area contributed by atoms with E-state index in [9.17, 15) is 0 Å².